The van der Waals surface area contributed by atoms with Gasteiger partial charge in [0, 0.05) is 6.54 Å². The van der Waals surface area contributed by atoms with Crippen LogP contribution in [0, 0.1) is 11.6 Å². The Kier molecular flexibility index (Phi) is 3.84. The lowest BCUT2D eigenvalue weighted by molar-refractivity contribution is 0.0697. The fourth-order valence-corrected chi connectivity index (χ4v) is 1.65. The summed E-state index contributed by atoms with van der Waals surface area (Å²) in [6.45, 7) is 0.0944. The molecular formula is C14H11F2NO3. The van der Waals surface area contributed by atoms with Crippen molar-refractivity contribution in [1.82, 2.24) is 0 Å². The molecule has 0 aliphatic heterocycles. The lowest BCUT2D eigenvalue weighted by Gasteiger charge is -2.09. The van der Waals surface area contributed by atoms with E-state index in [0.717, 1.165) is 24.3 Å². The first-order valence-corrected chi connectivity index (χ1v) is 5.71. The van der Waals surface area contributed by atoms with Crippen LogP contribution in [-0.2, 0) is 6.54 Å². The zero-order valence-corrected chi connectivity index (χ0v) is 10.2. The van der Waals surface area contributed by atoms with Crippen LogP contribution in [0.1, 0.15) is 15.9 Å². The van der Waals surface area contributed by atoms with E-state index >= 15 is 0 Å². The van der Waals surface area contributed by atoms with Crippen molar-refractivity contribution in [3.05, 3.63) is 59.2 Å². The van der Waals surface area contributed by atoms with E-state index in [2.05, 4.69) is 5.32 Å². The van der Waals surface area contributed by atoms with E-state index in [1.54, 1.807) is 0 Å². The molecule has 2 aromatic carbocycles. The first-order chi connectivity index (χ1) is 9.47. The third kappa shape index (κ3) is 3.03. The highest BCUT2D eigenvalue weighted by Crippen LogP contribution is 2.19. The van der Waals surface area contributed by atoms with Gasteiger partial charge in [0.15, 0.2) is 11.6 Å². The van der Waals surface area contributed by atoms with Gasteiger partial charge in [0.05, 0.1) is 11.3 Å². The summed E-state index contributed by atoms with van der Waals surface area (Å²) in [6.07, 6.45) is 0. The summed E-state index contributed by atoms with van der Waals surface area (Å²) in [5.74, 6) is -3.00. The number of carbonyl (C=O) groups is 1. The number of carboxylic acid groups (broad SMARTS) is 1. The van der Waals surface area contributed by atoms with Crippen molar-refractivity contribution >= 4 is 11.7 Å². The number of hydrogen-bond donors (Lipinski definition) is 3. The van der Waals surface area contributed by atoms with E-state index in [0.29, 0.717) is 5.56 Å². The molecule has 0 aliphatic rings. The van der Waals surface area contributed by atoms with Gasteiger partial charge in [0.2, 0.25) is 0 Å². The summed E-state index contributed by atoms with van der Waals surface area (Å²) < 4.78 is 26.6. The van der Waals surface area contributed by atoms with Crippen LogP contribution < -0.4 is 5.32 Å². The number of phenolic OH excluding ortho intramolecular Hbond substituents is 1. The zero-order chi connectivity index (χ0) is 14.7. The average Bonchev–Trinajstić information content (AvgIpc) is 2.41. The second-order valence-corrected chi connectivity index (χ2v) is 4.14. The molecule has 0 radical (unpaired) electrons. The fourth-order valence-electron chi connectivity index (χ4n) is 1.65. The molecule has 2 rings (SSSR count). The molecule has 0 saturated heterocycles. The Morgan fingerprint density at radius 2 is 1.85 bits per heavy atom. The second-order valence-electron chi connectivity index (χ2n) is 4.14. The maximum absolute atomic E-state index is 13.5. The van der Waals surface area contributed by atoms with Crippen molar-refractivity contribution in [1.29, 1.82) is 0 Å². The van der Waals surface area contributed by atoms with E-state index in [4.69, 9.17) is 10.2 Å². The molecule has 2 aromatic rings. The van der Waals surface area contributed by atoms with Gasteiger partial charge >= 0.3 is 5.97 Å². The van der Waals surface area contributed by atoms with Gasteiger partial charge in [-0.25, -0.2) is 13.6 Å². The number of halogens is 2. The minimum atomic E-state index is -1.16. The lowest BCUT2D eigenvalue weighted by atomic mass is 10.1. The van der Waals surface area contributed by atoms with Crippen LogP contribution in [0.15, 0.2) is 36.4 Å². The first kappa shape index (κ1) is 13.8. The number of nitrogens with one attached hydrogen (secondary N) is 1. The van der Waals surface area contributed by atoms with Crippen molar-refractivity contribution in [2.24, 2.45) is 0 Å². The first-order valence-electron chi connectivity index (χ1n) is 5.71. The smallest absolute Gasteiger partial charge is 0.335 e. The maximum Gasteiger partial charge on any atom is 0.335 e. The predicted octanol–water partition coefficient (Wildman–Crippen LogP) is 2.98. The molecule has 0 aliphatic carbocycles. The molecule has 0 unspecified atom stereocenters. The van der Waals surface area contributed by atoms with Crippen molar-refractivity contribution in [3.8, 4) is 5.75 Å². The van der Waals surface area contributed by atoms with Crippen LogP contribution in [-0.4, -0.2) is 16.2 Å². The summed E-state index contributed by atoms with van der Waals surface area (Å²) in [4.78, 5) is 10.8. The highest BCUT2D eigenvalue weighted by atomic mass is 19.1. The van der Waals surface area contributed by atoms with E-state index in [9.17, 15) is 13.6 Å². The Labute approximate surface area is 113 Å². The van der Waals surface area contributed by atoms with Crippen molar-refractivity contribution < 1.29 is 23.8 Å². The zero-order valence-electron chi connectivity index (χ0n) is 10.2. The largest absolute Gasteiger partial charge is 0.505 e. The molecule has 104 valence electrons. The molecule has 3 N–H and O–H groups in total. The Hall–Kier alpha value is -2.63. The topological polar surface area (TPSA) is 69.6 Å². The van der Waals surface area contributed by atoms with Crippen molar-refractivity contribution in [2.45, 2.75) is 6.54 Å². The summed E-state index contributed by atoms with van der Waals surface area (Å²) in [6, 6.07) is 7.14. The average molecular weight is 279 g/mol. The SMILES string of the molecule is O=C(O)c1ccc(F)c(NCc2ccc(O)c(F)c2)c1. The number of aromatic carboxylic acids is 1. The molecule has 0 amide bonds. The maximum atomic E-state index is 13.5. The third-order valence-electron chi connectivity index (χ3n) is 2.71. The molecule has 0 spiro atoms. The van der Waals surface area contributed by atoms with Crippen LogP contribution in [0.4, 0.5) is 14.5 Å². The molecule has 0 fully saturated rings. The van der Waals surface area contributed by atoms with E-state index in [1.165, 1.54) is 12.1 Å². The van der Waals surface area contributed by atoms with Gasteiger partial charge < -0.3 is 15.5 Å². The number of anilines is 1. The number of hydrogen-bond acceptors (Lipinski definition) is 3. The monoisotopic (exact) mass is 279 g/mol. The van der Waals surface area contributed by atoms with Gasteiger partial charge in [-0.05, 0) is 35.9 Å². The van der Waals surface area contributed by atoms with E-state index in [1.807, 2.05) is 0 Å². The molecule has 0 aromatic heterocycles. The van der Waals surface area contributed by atoms with Crippen LogP contribution in [0.5, 0.6) is 5.75 Å². The van der Waals surface area contributed by atoms with Crippen LogP contribution in [0.3, 0.4) is 0 Å². The third-order valence-corrected chi connectivity index (χ3v) is 2.71. The van der Waals surface area contributed by atoms with Gasteiger partial charge in [-0.15, -0.1) is 0 Å². The predicted molar refractivity (Wildman–Crippen MR) is 68.8 cm³/mol. The minimum absolute atomic E-state index is 0.0124. The van der Waals surface area contributed by atoms with Crippen LogP contribution >= 0.6 is 0 Å². The lowest BCUT2D eigenvalue weighted by Crippen LogP contribution is -2.04. The van der Waals surface area contributed by atoms with Gasteiger partial charge in [0.1, 0.15) is 5.82 Å². The minimum Gasteiger partial charge on any atom is -0.505 e. The summed E-state index contributed by atoms with van der Waals surface area (Å²) in [7, 11) is 0. The number of rotatable bonds is 4. The molecule has 4 nitrogen and oxygen atoms in total. The number of benzene rings is 2. The Morgan fingerprint density at radius 1 is 1.10 bits per heavy atom. The molecule has 0 saturated carbocycles. The van der Waals surface area contributed by atoms with Crippen molar-refractivity contribution in [2.75, 3.05) is 5.32 Å². The molecule has 6 heteroatoms. The van der Waals surface area contributed by atoms with Gasteiger partial charge in [-0.1, -0.05) is 6.07 Å². The molecule has 0 heterocycles. The van der Waals surface area contributed by atoms with Gasteiger partial charge in [0.25, 0.3) is 0 Å². The highest BCUT2D eigenvalue weighted by molar-refractivity contribution is 5.88. The molecule has 0 bridgehead atoms. The molecule has 0 atom stereocenters. The summed E-state index contributed by atoms with van der Waals surface area (Å²) in [5.41, 5.74) is 0.449. The Bertz CT molecular complexity index is 659. The summed E-state index contributed by atoms with van der Waals surface area (Å²) in [5, 5.41) is 20.6. The van der Waals surface area contributed by atoms with Gasteiger partial charge in [-0.3, -0.25) is 0 Å². The van der Waals surface area contributed by atoms with Crippen molar-refractivity contribution in [3.63, 3.8) is 0 Å². The second kappa shape index (κ2) is 5.56. The fraction of sp³-hybridized carbons (Fsp3) is 0.0714. The van der Waals surface area contributed by atoms with Crippen LogP contribution in [0.25, 0.3) is 0 Å². The standard InChI is InChI=1S/C14H11F2NO3/c15-10-3-2-9(14(19)20)6-12(10)17-7-8-1-4-13(18)11(16)5-8/h1-6,17-18H,7H2,(H,19,20). The quantitative estimate of drug-likeness (QED) is 0.804. The van der Waals surface area contributed by atoms with Gasteiger partial charge in [-0.2, -0.15) is 0 Å². The van der Waals surface area contributed by atoms with E-state index in [-0.39, 0.29) is 17.8 Å². The Balaban J connectivity index is 2.15. The Morgan fingerprint density at radius 3 is 2.50 bits per heavy atom. The number of carboxylic acids is 1. The molecule has 20 heavy (non-hydrogen) atoms. The number of aromatic hydroxyl groups is 1. The normalized spacial score (nSPS) is 10.3. The number of phenols is 1. The highest BCUT2D eigenvalue weighted by Gasteiger charge is 2.08. The van der Waals surface area contributed by atoms with E-state index < -0.39 is 23.4 Å². The summed E-state index contributed by atoms with van der Waals surface area (Å²) >= 11 is 0. The molecular weight excluding hydrogens is 268 g/mol. The van der Waals surface area contributed by atoms with Crippen LogP contribution in [0.2, 0.25) is 0 Å².